The molecule has 0 bridgehead atoms. The van der Waals surface area contributed by atoms with Crippen LogP contribution in [0.2, 0.25) is 0 Å². The number of likely N-dealkylation sites (N-methyl/N-ethyl adjacent to an activating group) is 2. The lowest BCUT2D eigenvalue weighted by atomic mass is 10.0. The molecule has 0 aliphatic heterocycles. The number of anilines is 1. The molecule has 0 saturated heterocycles. The summed E-state index contributed by atoms with van der Waals surface area (Å²) in [5.74, 6) is 0.00721. The van der Waals surface area contributed by atoms with E-state index in [9.17, 15) is 10.1 Å². The molecule has 1 amide bonds. The molecule has 0 aliphatic carbocycles. The van der Waals surface area contributed by atoms with Gasteiger partial charge in [-0.25, -0.2) is 0 Å². The first kappa shape index (κ1) is 14.9. The Bertz CT molecular complexity index is 688. The molecule has 108 valence electrons. The molecule has 0 unspecified atom stereocenters. The summed E-state index contributed by atoms with van der Waals surface area (Å²) >= 11 is 0. The van der Waals surface area contributed by atoms with Crippen molar-refractivity contribution in [2.75, 3.05) is 24.5 Å². The molecule has 4 heteroatoms. The van der Waals surface area contributed by atoms with Gasteiger partial charge in [-0.3, -0.25) is 4.79 Å². The van der Waals surface area contributed by atoms with E-state index >= 15 is 0 Å². The van der Waals surface area contributed by atoms with Crippen molar-refractivity contribution in [2.24, 2.45) is 0 Å². The van der Waals surface area contributed by atoms with E-state index in [0.717, 1.165) is 23.0 Å². The van der Waals surface area contributed by atoms with Crippen molar-refractivity contribution in [3.05, 3.63) is 42.0 Å². The minimum absolute atomic E-state index is 0.00721. The number of carbonyl (C=O) groups is 1. The summed E-state index contributed by atoms with van der Waals surface area (Å²) in [6.45, 7) is 5.61. The van der Waals surface area contributed by atoms with Gasteiger partial charge in [-0.1, -0.05) is 24.3 Å². The smallest absolute Gasteiger partial charge is 0.239 e. The molecule has 0 heterocycles. The van der Waals surface area contributed by atoms with Crippen molar-refractivity contribution in [1.29, 1.82) is 5.26 Å². The second-order valence-electron chi connectivity index (χ2n) is 4.76. The molecule has 0 aromatic heterocycles. The Labute approximate surface area is 125 Å². The van der Waals surface area contributed by atoms with Gasteiger partial charge >= 0.3 is 0 Å². The van der Waals surface area contributed by atoms with Crippen LogP contribution in [-0.4, -0.2) is 25.5 Å². The van der Waals surface area contributed by atoms with Crippen LogP contribution < -0.4 is 10.2 Å². The first-order valence-corrected chi connectivity index (χ1v) is 7.14. The maximum absolute atomic E-state index is 11.8. The molecule has 4 nitrogen and oxygen atoms in total. The summed E-state index contributed by atoms with van der Waals surface area (Å²) in [6, 6.07) is 13.8. The van der Waals surface area contributed by atoms with E-state index in [0.29, 0.717) is 18.7 Å². The van der Waals surface area contributed by atoms with Gasteiger partial charge in [0.15, 0.2) is 0 Å². The van der Waals surface area contributed by atoms with E-state index in [1.807, 2.05) is 55.1 Å². The van der Waals surface area contributed by atoms with Gasteiger partial charge in [-0.05, 0) is 26.0 Å². The fourth-order valence-corrected chi connectivity index (χ4v) is 2.45. The largest absolute Gasteiger partial charge is 0.362 e. The summed E-state index contributed by atoms with van der Waals surface area (Å²) in [4.78, 5) is 13.9. The Morgan fingerprint density at radius 1 is 1.19 bits per heavy atom. The zero-order chi connectivity index (χ0) is 15.2. The lowest BCUT2D eigenvalue weighted by Crippen LogP contribution is -2.37. The molecule has 2 aromatic rings. The highest BCUT2D eigenvalue weighted by Crippen LogP contribution is 2.29. The second kappa shape index (κ2) is 6.76. The van der Waals surface area contributed by atoms with E-state index < -0.39 is 0 Å². The average Bonchev–Trinajstić information content (AvgIpc) is 2.52. The zero-order valence-electron chi connectivity index (χ0n) is 12.4. The zero-order valence-corrected chi connectivity index (χ0v) is 12.4. The fourth-order valence-electron chi connectivity index (χ4n) is 2.45. The first-order valence-electron chi connectivity index (χ1n) is 7.14. The van der Waals surface area contributed by atoms with Crippen molar-refractivity contribution >= 4 is 22.4 Å². The number of carbonyl (C=O) groups excluding carboxylic acids is 1. The number of nitrogens with zero attached hydrogens (tertiary/aromatic N) is 2. The highest BCUT2D eigenvalue weighted by Gasteiger charge is 2.13. The number of fused-ring (bicyclic) bond motifs is 1. The summed E-state index contributed by atoms with van der Waals surface area (Å²) < 4.78 is 0. The van der Waals surface area contributed by atoms with Crippen LogP contribution >= 0.6 is 0 Å². The van der Waals surface area contributed by atoms with Gasteiger partial charge in [0.1, 0.15) is 0 Å². The molecule has 1 N–H and O–H groups in total. The first-order chi connectivity index (χ1) is 10.2. The third-order valence-corrected chi connectivity index (χ3v) is 3.45. The van der Waals surface area contributed by atoms with Gasteiger partial charge in [0.25, 0.3) is 0 Å². The highest BCUT2D eigenvalue weighted by atomic mass is 16.2. The number of amides is 1. The van der Waals surface area contributed by atoms with Gasteiger partial charge in [0.2, 0.25) is 5.91 Å². The fraction of sp³-hybridized carbons (Fsp3) is 0.294. The number of rotatable bonds is 5. The molecule has 0 saturated carbocycles. The van der Waals surface area contributed by atoms with E-state index in [1.54, 1.807) is 0 Å². The molecule has 0 spiro atoms. The highest BCUT2D eigenvalue weighted by molar-refractivity contribution is 5.98. The number of hydrogen-bond donors (Lipinski definition) is 1. The summed E-state index contributed by atoms with van der Waals surface area (Å²) in [5, 5.41) is 14.0. The van der Waals surface area contributed by atoms with Gasteiger partial charge < -0.3 is 10.2 Å². The Hall–Kier alpha value is -2.54. The SMILES string of the molecule is CCNC(=O)CN(CC)c1ccc(C#N)c2ccccc12. The summed E-state index contributed by atoms with van der Waals surface area (Å²) in [5.41, 5.74) is 1.64. The molecular formula is C17H19N3O. The molecule has 0 aliphatic rings. The number of benzene rings is 2. The molecule has 21 heavy (non-hydrogen) atoms. The quantitative estimate of drug-likeness (QED) is 0.916. The van der Waals surface area contributed by atoms with Crippen LogP contribution in [0.1, 0.15) is 19.4 Å². The predicted octanol–water partition coefficient (Wildman–Crippen LogP) is 2.67. The van der Waals surface area contributed by atoms with Crippen LogP contribution in [-0.2, 0) is 4.79 Å². The van der Waals surface area contributed by atoms with Crippen LogP contribution in [0, 0.1) is 11.3 Å². The lowest BCUT2D eigenvalue weighted by Gasteiger charge is -2.24. The van der Waals surface area contributed by atoms with E-state index in [2.05, 4.69) is 11.4 Å². The molecule has 2 rings (SSSR count). The van der Waals surface area contributed by atoms with E-state index in [1.165, 1.54) is 0 Å². The van der Waals surface area contributed by atoms with Crippen LogP contribution in [0.4, 0.5) is 5.69 Å². The lowest BCUT2D eigenvalue weighted by molar-refractivity contribution is -0.119. The van der Waals surface area contributed by atoms with E-state index in [4.69, 9.17) is 0 Å². The Balaban J connectivity index is 2.45. The van der Waals surface area contributed by atoms with Crippen LogP contribution in [0.5, 0.6) is 0 Å². The predicted molar refractivity (Wildman–Crippen MR) is 85.2 cm³/mol. The Morgan fingerprint density at radius 2 is 1.90 bits per heavy atom. The van der Waals surface area contributed by atoms with Gasteiger partial charge in [0, 0.05) is 29.5 Å². The molecular weight excluding hydrogens is 262 g/mol. The summed E-state index contributed by atoms with van der Waals surface area (Å²) in [7, 11) is 0. The van der Waals surface area contributed by atoms with Crippen molar-refractivity contribution in [3.63, 3.8) is 0 Å². The Morgan fingerprint density at radius 3 is 2.52 bits per heavy atom. The van der Waals surface area contributed by atoms with Gasteiger partial charge in [-0.15, -0.1) is 0 Å². The molecule has 0 atom stereocenters. The second-order valence-corrected chi connectivity index (χ2v) is 4.76. The topological polar surface area (TPSA) is 56.1 Å². The van der Waals surface area contributed by atoms with E-state index in [-0.39, 0.29) is 5.91 Å². The number of hydrogen-bond acceptors (Lipinski definition) is 3. The van der Waals surface area contributed by atoms with Crippen molar-refractivity contribution in [1.82, 2.24) is 5.32 Å². The standard InChI is InChI=1S/C17H19N3O/c1-3-19-17(21)12-20(4-2)16-10-9-13(11-18)14-7-5-6-8-15(14)16/h5-10H,3-4,12H2,1-2H3,(H,19,21). The van der Waals surface area contributed by atoms with Crippen molar-refractivity contribution < 1.29 is 4.79 Å². The third kappa shape index (κ3) is 3.14. The molecule has 0 radical (unpaired) electrons. The average molecular weight is 281 g/mol. The van der Waals surface area contributed by atoms with Crippen molar-refractivity contribution in [2.45, 2.75) is 13.8 Å². The third-order valence-electron chi connectivity index (χ3n) is 3.45. The van der Waals surface area contributed by atoms with Crippen molar-refractivity contribution in [3.8, 4) is 6.07 Å². The maximum atomic E-state index is 11.8. The number of nitriles is 1. The normalized spacial score (nSPS) is 10.1. The van der Waals surface area contributed by atoms with Crippen LogP contribution in [0.3, 0.4) is 0 Å². The molecule has 2 aromatic carbocycles. The van der Waals surface area contributed by atoms with Crippen LogP contribution in [0.15, 0.2) is 36.4 Å². The van der Waals surface area contributed by atoms with Gasteiger partial charge in [0.05, 0.1) is 18.2 Å². The monoisotopic (exact) mass is 281 g/mol. The summed E-state index contributed by atoms with van der Waals surface area (Å²) in [6.07, 6.45) is 0. The molecule has 0 fully saturated rings. The number of nitrogens with one attached hydrogen (secondary N) is 1. The van der Waals surface area contributed by atoms with Crippen LogP contribution in [0.25, 0.3) is 10.8 Å². The minimum atomic E-state index is 0.00721. The Kier molecular flexibility index (Phi) is 4.78. The maximum Gasteiger partial charge on any atom is 0.239 e. The van der Waals surface area contributed by atoms with Gasteiger partial charge in [-0.2, -0.15) is 5.26 Å². The minimum Gasteiger partial charge on any atom is -0.362 e.